The van der Waals surface area contributed by atoms with Crippen molar-refractivity contribution in [1.82, 2.24) is 0 Å². The molecule has 6 heteroatoms. The predicted octanol–water partition coefficient (Wildman–Crippen LogP) is 4.41. The van der Waals surface area contributed by atoms with E-state index in [1.165, 1.54) is 5.56 Å². The molecule has 0 aliphatic carbocycles. The molecule has 0 bridgehead atoms. The number of ether oxygens (including phenoxy) is 1. The summed E-state index contributed by atoms with van der Waals surface area (Å²) < 4.78 is 21.7. The van der Waals surface area contributed by atoms with E-state index >= 15 is 0 Å². The molecule has 0 aliphatic heterocycles. The summed E-state index contributed by atoms with van der Waals surface area (Å²) in [6.45, 7) is 6.41. The fourth-order valence-corrected chi connectivity index (χ4v) is 4.82. The second-order valence-corrected chi connectivity index (χ2v) is 10.2. The van der Waals surface area contributed by atoms with Gasteiger partial charge in [-0.3, -0.25) is 4.79 Å². The standard InChI is InChI=1S/C20H34O5Si/c1-7-17(18-12-9-8-10-13-18)16-20(2,3)19(21)25-14-11-15-26(22-4,23-5)24-6/h8-10,12-13,17H,7,11,14-16H2,1-6H3. The van der Waals surface area contributed by atoms with Gasteiger partial charge in [-0.25, -0.2) is 0 Å². The zero-order chi connectivity index (χ0) is 19.6. The van der Waals surface area contributed by atoms with Gasteiger partial charge in [0, 0.05) is 27.4 Å². The first-order valence-corrected chi connectivity index (χ1v) is 11.1. The van der Waals surface area contributed by atoms with Crippen LogP contribution >= 0.6 is 0 Å². The number of benzene rings is 1. The lowest BCUT2D eigenvalue weighted by Crippen LogP contribution is -2.42. The van der Waals surface area contributed by atoms with Crippen LogP contribution in [0.2, 0.25) is 6.04 Å². The van der Waals surface area contributed by atoms with E-state index in [2.05, 4.69) is 19.1 Å². The van der Waals surface area contributed by atoms with Gasteiger partial charge in [-0.15, -0.1) is 0 Å². The third-order valence-electron chi connectivity index (χ3n) is 4.87. The van der Waals surface area contributed by atoms with Crippen molar-refractivity contribution in [2.75, 3.05) is 27.9 Å². The number of hydrogen-bond donors (Lipinski definition) is 0. The second-order valence-electron chi connectivity index (χ2n) is 7.14. The smallest absolute Gasteiger partial charge is 0.465 e. The lowest BCUT2D eigenvalue weighted by Gasteiger charge is -2.28. The number of carbonyl (C=O) groups is 1. The Morgan fingerprint density at radius 1 is 1.08 bits per heavy atom. The number of hydrogen-bond acceptors (Lipinski definition) is 5. The summed E-state index contributed by atoms with van der Waals surface area (Å²) in [5, 5.41) is 0. The van der Waals surface area contributed by atoms with E-state index in [9.17, 15) is 4.79 Å². The Kier molecular flexibility index (Phi) is 9.50. The largest absolute Gasteiger partial charge is 0.500 e. The number of carbonyl (C=O) groups excluding carboxylic acids is 1. The maximum Gasteiger partial charge on any atom is 0.500 e. The van der Waals surface area contributed by atoms with Crippen LogP contribution in [0.4, 0.5) is 0 Å². The van der Waals surface area contributed by atoms with Crippen LogP contribution in [-0.4, -0.2) is 42.7 Å². The van der Waals surface area contributed by atoms with Crippen molar-refractivity contribution in [2.24, 2.45) is 5.41 Å². The van der Waals surface area contributed by atoms with Crippen LogP contribution in [0.5, 0.6) is 0 Å². The highest BCUT2D eigenvalue weighted by Gasteiger charge is 2.37. The molecule has 0 saturated carbocycles. The minimum atomic E-state index is -2.60. The van der Waals surface area contributed by atoms with Gasteiger partial charge in [-0.05, 0) is 44.6 Å². The van der Waals surface area contributed by atoms with Gasteiger partial charge in [0.1, 0.15) is 0 Å². The first kappa shape index (κ1) is 22.8. The molecule has 0 saturated heterocycles. The van der Waals surface area contributed by atoms with Crippen LogP contribution in [0.3, 0.4) is 0 Å². The van der Waals surface area contributed by atoms with Crippen molar-refractivity contribution in [3.05, 3.63) is 35.9 Å². The molecular formula is C20H34O5Si. The molecular weight excluding hydrogens is 348 g/mol. The summed E-state index contributed by atoms with van der Waals surface area (Å²) in [6.07, 6.45) is 2.41. The van der Waals surface area contributed by atoms with Gasteiger partial charge in [-0.1, -0.05) is 37.3 Å². The fourth-order valence-electron chi connectivity index (χ4n) is 3.13. The number of esters is 1. The topological polar surface area (TPSA) is 54.0 Å². The fraction of sp³-hybridized carbons (Fsp3) is 0.650. The highest BCUT2D eigenvalue weighted by atomic mass is 28.4. The van der Waals surface area contributed by atoms with Crippen LogP contribution in [0, 0.1) is 5.41 Å². The maximum atomic E-state index is 12.6. The molecule has 0 radical (unpaired) electrons. The van der Waals surface area contributed by atoms with E-state index in [0.717, 1.165) is 12.8 Å². The van der Waals surface area contributed by atoms with Crippen molar-refractivity contribution in [3.63, 3.8) is 0 Å². The van der Waals surface area contributed by atoms with E-state index < -0.39 is 14.2 Å². The first-order valence-electron chi connectivity index (χ1n) is 9.21. The van der Waals surface area contributed by atoms with Crippen molar-refractivity contribution >= 4 is 14.8 Å². The zero-order valence-corrected chi connectivity index (χ0v) is 18.0. The molecule has 1 atom stereocenters. The highest BCUT2D eigenvalue weighted by molar-refractivity contribution is 6.60. The molecule has 1 rings (SSSR count). The summed E-state index contributed by atoms with van der Waals surface area (Å²) in [5.74, 6) is 0.181. The molecule has 1 unspecified atom stereocenters. The van der Waals surface area contributed by atoms with E-state index in [1.807, 2.05) is 32.0 Å². The summed E-state index contributed by atoms with van der Waals surface area (Å²) >= 11 is 0. The Labute approximate surface area is 159 Å². The summed E-state index contributed by atoms with van der Waals surface area (Å²) in [7, 11) is 2.16. The van der Waals surface area contributed by atoms with Crippen molar-refractivity contribution in [1.29, 1.82) is 0 Å². The molecule has 1 aromatic carbocycles. The minimum Gasteiger partial charge on any atom is -0.465 e. The normalized spacial score (nSPS) is 13.5. The number of rotatable bonds is 12. The first-order chi connectivity index (χ1) is 12.3. The van der Waals surface area contributed by atoms with E-state index in [1.54, 1.807) is 21.3 Å². The summed E-state index contributed by atoms with van der Waals surface area (Å²) in [4.78, 5) is 12.6. The van der Waals surface area contributed by atoms with Gasteiger partial charge in [-0.2, -0.15) is 0 Å². The molecule has 0 aliphatic rings. The lowest BCUT2D eigenvalue weighted by atomic mass is 9.79. The van der Waals surface area contributed by atoms with E-state index in [-0.39, 0.29) is 5.97 Å². The van der Waals surface area contributed by atoms with Crippen LogP contribution in [0.1, 0.15) is 51.5 Å². The van der Waals surface area contributed by atoms with Crippen molar-refractivity contribution < 1.29 is 22.8 Å². The molecule has 0 aromatic heterocycles. The Balaban J connectivity index is 2.54. The van der Waals surface area contributed by atoms with Crippen LogP contribution < -0.4 is 0 Å². The maximum absolute atomic E-state index is 12.6. The second kappa shape index (κ2) is 10.8. The average molecular weight is 383 g/mol. The van der Waals surface area contributed by atoms with Gasteiger partial charge < -0.3 is 18.0 Å². The predicted molar refractivity (Wildman–Crippen MR) is 105 cm³/mol. The molecule has 26 heavy (non-hydrogen) atoms. The molecule has 148 valence electrons. The molecule has 0 fully saturated rings. The van der Waals surface area contributed by atoms with Gasteiger partial charge >= 0.3 is 14.8 Å². The third kappa shape index (κ3) is 6.50. The minimum absolute atomic E-state index is 0.161. The third-order valence-corrected chi connectivity index (χ3v) is 7.70. The molecule has 0 N–H and O–H groups in total. The van der Waals surface area contributed by atoms with Crippen LogP contribution in [0.25, 0.3) is 0 Å². The van der Waals surface area contributed by atoms with Crippen molar-refractivity contribution in [3.8, 4) is 0 Å². The summed E-state index contributed by atoms with van der Waals surface area (Å²) in [6, 6.07) is 11.0. The Morgan fingerprint density at radius 2 is 1.65 bits per heavy atom. The van der Waals surface area contributed by atoms with Crippen LogP contribution in [-0.2, 0) is 22.8 Å². The Morgan fingerprint density at radius 3 is 2.15 bits per heavy atom. The van der Waals surface area contributed by atoms with Crippen LogP contribution in [0.15, 0.2) is 30.3 Å². The van der Waals surface area contributed by atoms with Gasteiger partial charge in [0.15, 0.2) is 0 Å². The highest BCUT2D eigenvalue weighted by Crippen LogP contribution is 2.34. The molecule has 0 spiro atoms. The van der Waals surface area contributed by atoms with Gasteiger partial charge in [0.25, 0.3) is 0 Å². The Hall–Kier alpha value is -1.21. The van der Waals surface area contributed by atoms with E-state index in [0.29, 0.717) is 25.0 Å². The quantitative estimate of drug-likeness (QED) is 0.304. The zero-order valence-electron chi connectivity index (χ0n) is 17.0. The van der Waals surface area contributed by atoms with E-state index in [4.69, 9.17) is 18.0 Å². The van der Waals surface area contributed by atoms with Crippen molar-refractivity contribution in [2.45, 2.75) is 52.0 Å². The lowest BCUT2D eigenvalue weighted by molar-refractivity contribution is -0.154. The molecule has 0 amide bonds. The SMILES string of the molecule is CCC(CC(C)(C)C(=O)OCCC[Si](OC)(OC)OC)c1ccccc1. The molecule has 1 aromatic rings. The average Bonchev–Trinajstić information content (AvgIpc) is 2.67. The molecule has 5 nitrogen and oxygen atoms in total. The van der Waals surface area contributed by atoms with Gasteiger partial charge in [0.2, 0.25) is 0 Å². The monoisotopic (exact) mass is 382 g/mol. The van der Waals surface area contributed by atoms with Gasteiger partial charge in [0.05, 0.1) is 12.0 Å². The summed E-state index contributed by atoms with van der Waals surface area (Å²) in [5.41, 5.74) is 0.737. The Bertz CT molecular complexity index is 520. The molecule has 0 heterocycles.